The molecule has 0 spiro atoms. The molecule has 1 heterocycles. The van der Waals surface area contributed by atoms with E-state index in [1.54, 1.807) is 42.5 Å². The van der Waals surface area contributed by atoms with Gasteiger partial charge in [0.05, 0.1) is 17.7 Å². The standard InChI is InChI=1S/C19H21ClN2O4S/c1-13-5-8-15(9-6-13)27(24,25)22-11-3-4-17(22)19(23)21-16-12-14(20)7-10-18(16)26-2/h5-10,12,17H,3-4,11H2,1-2H3,(H,21,23)/t17-/m0/s1. The first-order chi connectivity index (χ1) is 12.8. The second-order valence-corrected chi connectivity index (χ2v) is 8.75. The van der Waals surface area contributed by atoms with Gasteiger partial charge in [0.1, 0.15) is 11.8 Å². The molecule has 0 saturated carbocycles. The van der Waals surface area contributed by atoms with E-state index in [1.807, 2.05) is 6.92 Å². The van der Waals surface area contributed by atoms with E-state index in [-0.39, 0.29) is 4.90 Å². The van der Waals surface area contributed by atoms with Gasteiger partial charge >= 0.3 is 0 Å². The maximum atomic E-state index is 13.0. The molecule has 0 radical (unpaired) electrons. The largest absolute Gasteiger partial charge is 0.495 e. The first-order valence-electron chi connectivity index (χ1n) is 8.56. The van der Waals surface area contributed by atoms with Crippen molar-refractivity contribution in [3.05, 3.63) is 53.1 Å². The quantitative estimate of drug-likeness (QED) is 0.822. The first kappa shape index (κ1) is 19.7. The number of carbonyl (C=O) groups is 1. The number of anilines is 1. The van der Waals surface area contributed by atoms with Crippen LogP contribution in [0.5, 0.6) is 5.75 Å². The van der Waals surface area contributed by atoms with Gasteiger partial charge in [-0.05, 0) is 50.1 Å². The average Bonchev–Trinajstić information content (AvgIpc) is 3.13. The Hall–Kier alpha value is -2.09. The topological polar surface area (TPSA) is 75.7 Å². The zero-order valence-electron chi connectivity index (χ0n) is 15.1. The molecular weight excluding hydrogens is 388 g/mol. The van der Waals surface area contributed by atoms with Crippen molar-refractivity contribution in [2.45, 2.75) is 30.7 Å². The van der Waals surface area contributed by atoms with Crippen molar-refractivity contribution in [1.82, 2.24) is 4.31 Å². The van der Waals surface area contributed by atoms with Gasteiger partial charge in [0.2, 0.25) is 15.9 Å². The van der Waals surface area contributed by atoms with Crippen LogP contribution in [0, 0.1) is 6.92 Å². The van der Waals surface area contributed by atoms with Crippen molar-refractivity contribution in [2.24, 2.45) is 0 Å². The summed E-state index contributed by atoms with van der Waals surface area (Å²) in [6, 6.07) is 10.7. The van der Waals surface area contributed by atoms with Gasteiger partial charge in [-0.15, -0.1) is 0 Å². The summed E-state index contributed by atoms with van der Waals surface area (Å²) in [7, 11) is -2.26. The predicted molar refractivity (Wildman–Crippen MR) is 105 cm³/mol. The molecule has 6 nitrogen and oxygen atoms in total. The van der Waals surface area contributed by atoms with Gasteiger partial charge in [-0.2, -0.15) is 4.31 Å². The highest BCUT2D eigenvalue weighted by Gasteiger charge is 2.39. The molecule has 2 aromatic rings. The van der Waals surface area contributed by atoms with E-state index in [2.05, 4.69) is 5.32 Å². The van der Waals surface area contributed by atoms with Crippen molar-refractivity contribution in [2.75, 3.05) is 19.0 Å². The zero-order valence-corrected chi connectivity index (χ0v) is 16.7. The van der Waals surface area contributed by atoms with E-state index in [9.17, 15) is 13.2 Å². The number of rotatable bonds is 5. The van der Waals surface area contributed by atoms with Gasteiger partial charge in [-0.25, -0.2) is 8.42 Å². The normalized spacial score (nSPS) is 17.7. The van der Waals surface area contributed by atoms with E-state index in [4.69, 9.17) is 16.3 Å². The number of hydrogen-bond donors (Lipinski definition) is 1. The van der Waals surface area contributed by atoms with Gasteiger partial charge in [-0.3, -0.25) is 4.79 Å². The molecule has 27 heavy (non-hydrogen) atoms. The van der Waals surface area contributed by atoms with Crippen LogP contribution in [-0.2, 0) is 14.8 Å². The van der Waals surface area contributed by atoms with E-state index in [0.29, 0.717) is 35.8 Å². The molecule has 8 heteroatoms. The summed E-state index contributed by atoms with van der Waals surface area (Å²) in [4.78, 5) is 13.0. The maximum Gasteiger partial charge on any atom is 0.243 e. The second-order valence-electron chi connectivity index (χ2n) is 6.42. The number of benzene rings is 2. The number of halogens is 1. The zero-order chi connectivity index (χ0) is 19.6. The minimum atomic E-state index is -3.75. The number of nitrogens with zero attached hydrogens (tertiary/aromatic N) is 1. The number of ether oxygens (including phenoxy) is 1. The molecule has 1 aliphatic heterocycles. The molecule has 1 atom stereocenters. The summed E-state index contributed by atoms with van der Waals surface area (Å²) in [6.45, 7) is 2.20. The number of nitrogens with one attached hydrogen (secondary N) is 1. The monoisotopic (exact) mass is 408 g/mol. The van der Waals surface area contributed by atoms with Crippen LogP contribution in [0.25, 0.3) is 0 Å². The molecule has 2 aromatic carbocycles. The molecule has 1 saturated heterocycles. The lowest BCUT2D eigenvalue weighted by Crippen LogP contribution is -2.43. The summed E-state index contributed by atoms with van der Waals surface area (Å²) < 4.78 is 32.5. The van der Waals surface area contributed by atoms with Gasteiger partial charge < -0.3 is 10.1 Å². The lowest BCUT2D eigenvalue weighted by Gasteiger charge is -2.24. The summed E-state index contributed by atoms with van der Waals surface area (Å²) in [5.41, 5.74) is 1.38. The molecule has 3 rings (SSSR count). The lowest BCUT2D eigenvalue weighted by atomic mass is 10.2. The number of sulfonamides is 1. The highest BCUT2D eigenvalue weighted by Crippen LogP contribution is 2.31. The van der Waals surface area contributed by atoms with Crippen LogP contribution >= 0.6 is 11.6 Å². The van der Waals surface area contributed by atoms with Gasteiger partial charge in [0, 0.05) is 11.6 Å². The fourth-order valence-electron chi connectivity index (χ4n) is 3.13. The Balaban J connectivity index is 1.85. The van der Waals surface area contributed by atoms with Crippen LogP contribution < -0.4 is 10.1 Å². The fraction of sp³-hybridized carbons (Fsp3) is 0.316. The summed E-state index contributed by atoms with van der Waals surface area (Å²) in [5.74, 6) is 0.0578. The van der Waals surface area contributed by atoms with Gasteiger partial charge in [0.25, 0.3) is 0 Å². The van der Waals surface area contributed by atoms with Crippen LogP contribution in [0.15, 0.2) is 47.4 Å². The van der Waals surface area contributed by atoms with Crippen LogP contribution in [0.1, 0.15) is 18.4 Å². The number of hydrogen-bond acceptors (Lipinski definition) is 4. The van der Waals surface area contributed by atoms with Crippen LogP contribution in [-0.4, -0.2) is 38.3 Å². The Morgan fingerprint density at radius 1 is 1.22 bits per heavy atom. The number of aryl methyl sites for hydroxylation is 1. The summed E-state index contributed by atoms with van der Waals surface area (Å²) >= 11 is 6.00. The maximum absolute atomic E-state index is 13.0. The molecule has 0 aliphatic carbocycles. The average molecular weight is 409 g/mol. The Morgan fingerprint density at radius 2 is 1.93 bits per heavy atom. The van der Waals surface area contributed by atoms with Crippen LogP contribution in [0.2, 0.25) is 5.02 Å². The minimum Gasteiger partial charge on any atom is -0.495 e. The van der Waals surface area contributed by atoms with E-state index >= 15 is 0 Å². The van der Waals surface area contributed by atoms with E-state index in [1.165, 1.54) is 11.4 Å². The third kappa shape index (κ3) is 4.10. The Kier molecular flexibility index (Phi) is 5.74. The third-order valence-electron chi connectivity index (χ3n) is 4.55. The number of methoxy groups -OCH3 is 1. The summed E-state index contributed by atoms with van der Waals surface area (Å²) in [6.07, 6.45) is 1.08. The van der Waals surface area contributed by atoms with Gasteiger partial charge in [-0.1, -0.05) is 29.3 Å². The molecule has 144 valence electrons. The van der Waals surface area contributed by atoms with E-state index in [0.717, 1.165) is 5.56 Å². The molecule has 1 fully saturated rings. The SMILES string of the molecule is COc1ccc(Cl)cc1NC(=O)[C@@H]1CCCN1S(=O)(=O)c1ccc(C)cc1. The first-order valence-corrected chi connectivity index (χ1v) is 10.4. The highest BCUT2D eigenvalue weighted by molar-refractivity contribution is 7.89. The number of carbonyl (C=O) groups excluding carboxylic acids is 1. The Morgan fingerprint density at radius 3 is 2.59 bits per heavy atom. The lowest BCUT2D eigenvalue weighted by molar-refractivity contribution is -0.119. The summed E-state index contributed by atoms with van der Waals surface area (Å²) in [5, 5.41) is 3.20. The van der Waals surface area contributed by atoms with Crippen LogP contribution in [0.3, 0.4) is 0 Å². The van der Waals surface area contributed by atoms with Crippen LogP contribution in [0.4, 0.5) is 5.69 Å². The molecule has 0 unspecified atom stereocenters. The third-order valence-corrected chi connectivity index (χ3v) is 6.71. The minimum absolute atomic E-state index is 0.188. The highest BCUT2D eigenvalue weighted by atomic mass is 35.5. The molecule has 0 bridgehead atoms. The Labute approximate surface area is 164 Å². The van der Waals surface area contributed by atoms with Crippen molar-refractivity contribution in [1.29, 1.82) is 0 Å². The molecule has 1 N–H and O–H groups in total. The van der Waals surface area contributed by atoms with Crippen molar-refractivity contribution in [3.8, 4) is 5.75 Å². The van der Waals surface area contributed by atoms with E-state index < -0.39 is 22.0 Å². The van der Waals surface area contributed by atoms with Crippen molar-refractivity contribution >= 4 is 33.2 Å². The molecule has 0 aromatic heterocycles. The smallest absolute Gasteiger partial charge is 0.243 e. The van der Waals surface area contributed by atoms with Crippen molar-refractivity contribution < 1.29 is 17.9 Å². The molecule has 1 amide bonds. The van der Waals surface area contributed by atoms with Gasteiger partial charge in [0.15, 0.2) is 0 Å². The second kappa shape index (κ2) is 7.88. The Bertz CT molecular complexity index is 945. The molecule has 1 aliphatic rings. The fourth-order valence-corrected chi connectivity index (χ4v) is 4.96. The number of amides is 1. The predicted octanol–water partition coefficient (Wildman–Crippen LogP) is 3.45. The molecular formula is C19H21ClN2O4S. The van der Waals surface area contributed by atoms with Crippen molar-refractivity contribution in [3.63, 3.8) is 0 Å².